The monoisotopic (exact) mass is 371 g/mol. The first-order chi connectivity index (χ1) is 12.2. The smallest absolute Gasteiger partial charge is 0.239 e. The summed E-state index contributed by atoms with van der Waals surface area (Å²) in [6.45, 7) is 1.87. The van der Waals surface area contributed by atoms with E-state index in [2.05, 4.69) is 15.5 Å². The number of anilines is 1. The number of amides is 1. The quantitative estimate of drug-likeness (QED) is 0.653. The van der Waals surface area contributed by atoms with Crippen molar-refractivity contribution in [2.24, 2.45) is 0 Å². The Kier molecular flexibility index (Phi) is 5.67. The average molecular weight is 371 g/mol. The summed E-state index contributed by atoms with van der Waals surface area (Å²) in [7, 11) is 1.63. The number of benzene rings is 2. The molecule has 7 heteroatoms. The number of rotatable bonds is 6. The van der Waals surface area contributed by atoms with Crippen LogP contribution in [0.5, 0.6) is 5.75 Å². The largest absolute Gasteiger partial charge is 0.497 e. The Morgan fingerprint density at radius 2 is 1.84 bits per heavy atom. The van der Waals surface area contributed by atoms with Crippen molar-refractivity contribution in [1.29, 1.82) is 0 Å². The topological polar surface area (TPSA) is 64.1 Å². The predicted octanol–water partition coefficient (Wildman–Crippen LogP) is 4.33. The molecule has 25 heavy (non-hydrogen) atoms. The Balaban J connectivity index is 1.63. The molecule has 0 bridgehead atoms. The van der Waals surface area contributed by atoms with Crippen LogP contribution in [0.25, 0.3) is 10.6 Å². The van der Waals surface area contributed by atoms with E-state index in [1.807, 2.05) is 61.5 Å². The van der Waals surface area contributed by atoms with Gasteiger partial charge in [-0.25, -0.2) is 0 Å². The standard InChI is InChI=1S/C18H17N3O2S2/c1-12(24-15-6-4-3-5-7-15)16(22)19-18-21-20-17(25-18)13-8-10-14(23-2)11-9-13/h3-12H,1-2H3,(H,19,21,22). The molecule has 128 valence electrons. The van der Waals surface area contributed by atoms with Crippen molar-refractivity contribution in [3.05, 3.63) is 54.6 Å². The van der Waals surface area contributed by atoms with Crippen LogP contribution in [-0.4, -0.2) is 28.5 Å². The van der Waals surface area contributed by atoms with Crippen LogP contribution >= 0.6 is 23.1 Å². The Morgan fingerprint density at radius 1 is 1.12 bits per heavy atom. The summed E-state index contributed by atoms with van der Waals surface area (Å²) >= 11 is 2.86. The molecule has 1 heterocycles. The molecule has 1 N–H and O–H groups in total. The van der Waals surface area contributed by atoms with Crippen LogP contribution in [0.4, 0.5) is 5.13 Å². The molecule has 0 aliphatic rings. The van der Waals surface area contributed by atoms with Gasteiger partial charge in [0.25, 0.3) is 0 Å². The van der Waals surface area contributed by atoms with E-state index < -0.39 is 0 Å². The van der Waals surface area contributed by atoms with Gasteiger partial charge in [0.2, 0.25) is 11.0 Å². The van der Waals surface area contributed by atoms with E-state index in [0.29, 0.717) is 5.13 Å². The molecule has 3 aromatic rings. The van der Waals surface area contributed by atoms with Crippen molar-refractivity contribution in [3.8, 4) is 16.3 Å². The number of nitrogens with zero attached hydrogens (tertiary/aromatic N) is 2. The highest BCUT2D eigenvalue weighted by molar-refractivity contribution is 8.00. The van der Waals surface area contributed by atoms with Gasteiger partial charge in [-0.05, 0) is 43.3 Å². The summed E-state index contributed by atoms with van der Waals surface area (Å²) < 4.78 is 5.15. The van der Waals surface area contributed by atoms with E-state index >= 15 is 0 Å². The van der Waals surface area contributed by atoms with Gasteiger partial charge in [-0.3, -0.25) is 10.1 Å². The maximum Gasteiger partial charge on any atom is 0.239 e. The van der Waals surface area contributed by atoms with Crippen molar-refractivity contribution < 1.29 is 9.53 Å². The number of carbonyl (C=O) groups is 1. The zero-order valence-electron chi connectivity index (χ0n) is 13.8. The second kappa shape index (κ2) is 8.13. The first kappa shape index (κ1) is 17.4. The van der Waals surface area contributed by atoms with Gasteiger partial charge >= 0.3 is 0 Å². The number of methoxy groups -OCH3 is 1. The molecule has 0 aliphatic carbocycles. The number of aromatic nitrogens is 2. The van der Waals surface area contributed by atoms with E-state index in [0.717, 1.165) is 21.2 Å². The highest BCUT2D eigenvalue weighted by atomic mass is 32.2. The van der Waals surface area contributed by atoms with Gasteiger partial charge in [0.05, 0.1) is 12.4 Å². The van der Waals surface area contributed by atoms with Gasteiger partial charge in [-0.2, -0.15) is 0 Å². The Bertz CT molecular complexity index is 835. The van der Waals surface area contributed by atoms with Crippen LogP contribution in [0.1, 0.15) is 6.92 Å². The van der Waals surface area contributed by atoms with Crippen LogP contribution in [0.3, 0.4) is 0 Å². The van der Waals surface area contributed by atoms with Crippen molar-refractivity contribution in [1.82, 2.24) is 10.2 Å². The summed E-state index contributed by atoms with van der Waals surface area (Å²) in [5.74, 6) is 0.694. The highest BCUT2D eigenvalue weighted by Crippen LogP contribution is 2.29. The molecule has 3 rings (SSSR count). The maximum atomic E-state index is 12.3. The van der Waals surface area contributed by atoms with E-state index in [1.54, 1.807) is 7.11 Å². The Hall–Kier alpha value is -2.38. The zero-order chi connectivity index (χ0) is 17.6. The summed E-state index contributed by atoms with van der Waals surface area (Å²) in [4.78, 5) is 13.4. The van der Waals surface area contributed by atoms with Crippen molar-refractivity contribution in [3.63, 3.8) is 0 Å². The average Bonchev–Trinajstić information content (AvgIpc) is 3.11. The number of thioether (sulfide) groups is 1. The van der Waals surface area contributed by atoms with Crippen LogP contribution in [0.15, 0.2) is 59.5 Å². The molecule has 0 radical (unpaired) electrons. The normalized spacial score (nSPS) is 11.8. The summed E-state index contributed by atoms with van der Waals surface area (Å²) in [6.07, 6.45) is 0. The first-order valence-corrected chi connectivity index (χ1v) is 9.36. The maximum absolute atomic E-state index is 12.3. The van der Waals surface area contributed by atoms with Crippen molar-refractivity contribution in [2.45, 2.75) is 17.1 Å². The molecule has 1 unspecified atom stereocenters. The lowest BCUT2D eigenvalue weighted by atomic mass is 10.2. The fourth-order valence-electron chi connectivity index (χ4n) is 2.09. The number of ether oxygens (including phenoxy) is 1. The number of carbonyl (C=O) groups excluding carboxylic acids is 1. The first-order valence-electron chi connectivity index (χ1n) is 7.66. The molecule has 2 aromatic carbocycles. The molecule has 0 saturated carbocycles. The molecular formula is C18H17N3O2S2. The lowest BCUT2D eigenvalue weighted by Crippen LogP contribution is -2.22. The minimum Gasteiger partial charge on any atom is -0.497 e. The molecule has 0 fully saturated rings. The molecule has 1 atom stereocenters. The lowest BCUT2D eigenvalue weighted by molar-refractivity contribution is -0.115. The second-order valence-corrected chi connectivity index (χ2v) is 7.59. The molecule has 0 spiro atoms. The molecular weight excluding hydrogens is 354 g/mol. The van der Waals surface area contributed by atoms with Crippen LogP contribution < -0.4 is 10.1 Å². The third-order valence-electron chi connectivity index (χ3n) is 3.42. The van der Waals surface area contributed by atoms with Gasteiger partial charge in [-0.15, -0.1) is 22.0 Å². The molecule has 0 aliphatic heterocycles. The van der Waals surface area contributed by atoms with Crippen molar-refractivity contribution in [2.75, 3.05) is 12.4 Å². The molecule has 5 nitrogen and oxygen atoms in total. The molecule has 0 saturated heterocycles. The minimum atomic E-state index is -0.226. The van der Waals surface area contributed by atoms with E-state index in [1.165, 1.54) is 23.1 Å². The Labute approximate surface area is 154 Å². The minimum absolute atomic E-state index is 0.0914. The number of hydrogen-bond donors (Lipinski definition) is 1. The molecule has 1 amide bonds. The van der Waals surface area contributed by atoms with Gasteiger partial charge in [0.1, 0.15) is 10.8 Å². The van der Waals surface area contributed by atoms with Gasteiger partial charge in [0, 0.05) is 10.5 Å². The van der Waals surface area contributed by atoms with E-state index in [4.69, 9.17) is 4.74 Å². The summed E-state index contributed by atoms with van der Waals surface area (Å²) in [5, 5.41) is 12.1. The van der Waals surface area contributed by atoms with Gasteiger partial charge in [-0.1, -0.05) is 29.5 Å². The van der Waals surface area contributed by atoms with Gasteiger partial charge in [0.15, 0.2) is 0 Å². The SMILES string of the molecule is COc1ccc(-c2nnc(NC(=O)C(C)Sc3ccccc3)s2)cc1. The van der Waals surface area contributed by atoms with Crippen LogP contribution in [0, 0.1) is 0 Å². The summed E-state index contributed by atoms with van der Waals surface area (Å²) in [5.41, 5.74) is 0.936. The fraction of sp³-hybridized carbons (Fsp3) is 0.167. The summed E-state index contributed by atoms with van der Waals surface area (Å²) in [6, 6.07) is 17.4. The van der Waals surface area contributed by atoms with Crippen molar-refractivity contribution >= 4 is 34.1 Å². The van der Waals surface area contributed by atoms with E-state index in [9.17, 15) is 4.79 Å². The second-order valence-electron chi connectivity index (χ2n) is 5.20. The fourth-order valence-corrected chi connectivity index (χ4v) is 3.73. The van der Waals surface area contributed by atoms with Gasteiger partial charge < -0.3 is 4.74 Å². The predicted molar refractivity (Wildman–Crippen MR) is 102 cm³/mol. The van der Waals surface area contributed by atoms with E-state index in [-0.39, 0.29) is 11.2 Å². The number of hydrogen-bond acceptors (Lipinski definition) is 6. The lowest BCUT2D eigenvalue weighted by Gasteiger charge is -2.09. The van der Waals surface area contributed by atoms with Crippen LogP contribution in [-0.2, 0) is 4.79 Å². The third-order valence-corrected chi connectivity index (χ3v) is 5.42. The molecule has 1 aromatic heterocycles. The third kappa shape index (κ3) is 4.58. The zero-order valence-corrected chi connectivity index (χ0v) is 15.4. The number of nitrogens with one attached hydrogen (secondary N) is 1. The van der Waals surface area contributed by atoms with Crippen LogP contribution in [0.2, 0.25) is 0 Å². The highest BCUT2D eigenvalue weighted by Gasteiger charge is 2.17. The Morgan fingerprint density at radius 3 is 2.52 bits per heavy atom.